The van der Waals surface area contributed by atoms with Gasteiger partial charge in [-0.15, -0.1) is 3.89 Å². The molecule has 0 aromatic carbocycles. The average molecular weight is 217 g/mol. The topological polar surface area (TPSA) is 47.0 Å². The molecule has 0 fully saturated rings. The number of rotatable bonds is 1. The second kappa shape index (κ2) is 3.31. The van der Waals surface area contributed by atoms with Crippen molar-refractivity contribution in [1.29, 1.82) is 0 Å². The van der Waals surface area contributed by atoms with Crippen LogP contribution in [0.4, 0.5) is 3.89 Å². The van der Waals surface area contributed by atoms with Gasteiger partial charge in [0, 0.05) is 12.4 Å². The van der Waals surface area contributed by atoms with Crippen molar-refractivity contribution in [2.24, 2.45) is 0 Å². The van der Waals surface area contributed by atoms with Crippen molar-refractivity contribution in [1.82, 2.24) is 4.98 Å². The van der Waals surface area contributed by atoms with Crippen LogP contribution in [0.1, 0.15) is 26.3 Å². The summed E-state index contributed by atoms with van der Waals surface area (Å²) in [7, 11) is -4.65. The van der Waals surface area contributed by atoms with Gasteiger partial charge in [-0.1, -0.05) is 20.8 Å². The lowest BCUT2D eigenvalue weighted by Crippen LogP contribution is -2.12. The first kappa shape index (κ1) is 11.1. The zero-order chi connectivity index (χ0) is 11.0. The fourth-order valence-corrected chi connectivity index (χ4v) is 1.42. The highest BCUT2D eigenvalue weighted by molar-refractivity contribution is 7.86. The molecular weight excluding hydrogens is 205 g/mol. The molecule has 0 saturated carbocycles. The maximum atomic E-state index is 12.6. The lowest BCUT2D eigenvalue weighted by molar-refractivity contribution is 0.549. The van der Waals surface area contributed by atoms with Gasteiger partial charge < -0.3 is 0 Å². The zero-order valence-corrected chi connectivity index (χ0v) is 9.10. The molecule has 78 valence electrons. The van der Waals surface area contributed by atoms with Gasteiger partial charge in [0.15, 0.2) is 0 Å². The summed E-state index contributed by atoms with van der Waals surface area (Å²) in [6.45, 7) is 5.70. The third-order valence-corrected chi connectivity index (χ3v) is 2.65. The fraction of sp³-hybridized carbons (Fsp3) is 0.444. The van der Waals surface area contributed by atoms with Crippen molar-refractivity contribution in [3.8, 4) is 0 Å². The molecule has 1 heterocycles. The highest BCUT2D eigenvalue weighted by Crippen LogP contribution is 2.23. The Balaban J connectivity index is 3.29. The molecule has 0 saturated heterocycles. The van der Waals surface area contributed by atoms with E-state index in [4.69, 9.17) is 0 Å². The van der Waals surface area contributed by atoms with Crippen LogP contribution in [0.3, 0.4) is 0 Å². The second-order valence-corrected chi connectivity index (χ2v) is 5.44. The summed E-state index contributed by atoms with van der Waals surface area (Å²) in [6.07, 6.45) is 2.54. The van der Waals surface area contributed by atoms with Crippen molar-refractivity contribution in [3.63, 3.8) is 0 Å². The molecule has 1 rings (SSSR count). The van der Waals surface area contributed by atoms with Crippen LogP contribution in [0.5, 0.6) is 0 Å². The van der Waals surface area contributed by atoms with Crippen LogP contribution in [-0.2, 0) is 15.6 Å². The zero-order valence-electron chi connectivity index (χ0n) is 8.28. The van der Waals surface area contributed by atoms with E-state index in [1.165, 1.54) is 12.3 Å². The van der Waals surface area contributed by atoms with Crippen molar-refractivity contribution in [2.45, 2.75) is 31.1 Å². The van der Waals surface area contributed by atoms with Crippen molar-refractivity contribution < 1.29 is 12.3 Å². The van der Waals surface area contributed by atoms with Crippen LogP contribution < -0.4 is 0 Å². The Morgan fingerprint density at radius 3 is 2.29 bits per heavy atom. The van der Waals surface area contributed by atoms with Gasteiger partial charge in [0.2, 0.25) is 0 Å². The molecule has 3 nitrogen and oxygen atoms in total. The first-order valence-electron chi connectivity index (χ1n) is 4.11. The molecule has 0 aliphatic carbocycles. The summed E-state index contributed by atoms with van der Waals surface area (Å²) < 4.78 is 33.8. The molecule has 0 aliphatic heterocycles. The fourth-order valence-electron chi connectivity index (χ4n) is 0.962. The monoisotopic (exact) mass is 217 g/mol. The highest BCUT2D eigenvalue weighted by atomic mass is 32.3. The van der Waals surface area contributed by atoms with Gasteiger partial charge in [0.1, 0.15) is 4.90 Å². The molecule has 1 aromatic rings. The summed E-state index contributed by atoms with van der Waals surface area (Å²) in [5.41, 5.74) is 0.449. The molecular formula is C9H12FNO2S. The van der Waals surface area contributed by atoms with Crippen LogP contribution in [0, 0.1) is 0 Å². The maximum absolute atomic E-state index is 12.6. The molecule has 0 bridgehead atoms. The van der Waals surface area contributed by atoms with Crippen LogP contribution in [0.25, 0.3) is 0 Å². The van der Waals surface area contributed by atoms with E-state index < -0.39 is 10.2 Å². The minimum Gasteiger partial charge on any atom is -0.263 e. The smallest absolute Gasteiger partial charge is 0.263 e. The minimum absolute atomic E-state index is 0.242. The van der Waals surface area contributed by atoms with Gasteiger partial charge in [-0.05, 0) is 17.0 Å². The van der Waals surface area contributed by atoms with E-state index in [0.717, 1.165) is 6.20 Å². The van der Waals surface area contributed by atoms with E-state index in [0.29, 0.717) is 5.56 Å². The first-order chi connectivity index (χ1) is 6.21. The number of nitrogens with zero attached hydrogens (tertiary/aromatic N) is 1. The molecule has 5 heteroatoms. The summed E-state index contributed by atoms with van der Waals surface area (Å²) in [4.78, 5) is 3.31. The number of pyridine rings is 1. The number of hydrogen-bond donors (Lipinski definition) is 0. The summed E-state index contributed by atoms with van der Waals surface area (Å²) in [5.74, 6) is 0. The van der Waals surface area contributed by atoms with Crippen LogP contribution in [0.15, 0.2) is 23.4 Å². The molecule has 0 aliphatic rings. The molecule has 1 aromatic heterocycles. The molecule has 14 heavy (non-hydrogen) atoms. The van der Waals surface area contributed by atoms with Crippen LogP contribution >= 0.6 is 0 Å². The van der Waals surface area contributed by atoms with E-state index in [2.05, 4.69) is 4.98 Å². The van der Waals surface area contributed by atoms with E-state index in [9.17, 15) is 12.3 Å². The third-order valence-electron chi connectivity index (χ3n) is 1.86. The lowest BCUT2D eigenvalue weighted by Gasteiger charge is -2.18. The van der Waals surface area contributed by atoms with Crippen LogP contribution in [-0.4, -0.2) is 13.4 Å². The van der Waals surface area contributed by atoms with E-state index in [1.54, 1.807) is 0 Å². The number of aromatic nitrogens is 1. The molecule has 0 radical (unpaired) electrons. The molecule has 0 amide bonds. The predicted molar refractivity (Wildman–Crippen MR) is 51.2 cm³/mol. The van der Waals surface area contributed by atoms with Gasteiger partial charge in [-0.3, -0.25) is 4.98 Å². The normalized spacial score (nSPS) is 12.9. The van der Waals surface area contributed by atoms with Crippen molar-refractivity contribution in [2.75, 3.05) is 0 Å². The Bertz CT molecular complexity index is 434. The van der Waals surface area contributed by atoms with Gasteiger partial charge in [-0.2, -0.15) is 8.42 Å². The largest absolute Gasteiger partial charge is 0.333 e. The molecule has 0 atom stereocenters. The Morgan fingerprint density at radius 1 is 1.29 bits per heavy atom. The summed E-state index contributed by atoms with van der Waals surface area (Å²) >= 11 is 0. The van der Waals surface area contributed by atoms with E-state index in [1.807, 2.05) is 20.8 Å². The Hall–Kier alpha value is -0.970. The SMILES string of the molecule is CC(C)(C)c1cncc(S(=O)(=O)F)c1. The molecule has 0 spiro atoms. The van der Waals surface area contributed by atoms with Crippen molar-refractivity contribution >= 4 is 10.2 Å². The molecule has 0 N–H and O–H groups in total. The second-order valence-electron chi connectivity index (χ2n) is 4.10. The highest BCUT2D eigenvalue weighted by Gasteiger charge is 2.18. The lowest BCUT2D eigenvalue weighted by atomic mass is 9.88. The average Bonchev–Trinajstić information content (AvgIpc) is 2.01. The van der Waals surface area contributed by atoms with Gasteiger partial charge in [0.05, 0.1) is 0 Å². The first-order valence-corrected chi connectivity index (χ1v) is 5.50. The number of hydrogen-bond acceptors (Lipinski definition) is 3. The standard InChI is InChI=1S/C9H12FNO2S/c1-9(2,3)7-4-8(6-11-5-7)14(10,12)13/h4-6H,1-3H3. The molecule has 0 unspecified atom stereocenters. The van der Waals surface area contributed by atoms with Gasteiger partial charge >= 0.3 is 10.2 Å². The van der Waals surface area contributed by atoms with Crippen LogP contribution in [0.2, 0.25) is 0 Å². The summed E-state index contributed by atoms with van der Waals surface area (Å²) in [6, 6.07) is 1.31. The van der Waals surface area contributed by atoms with E-state index in [-0.39, 0.29) is 10.3 Å². The van der Waals surface area contributed by atoms with Gasteiger partial charge in [-0.25, -0.2) is 0 Å². The third kappa shape index (κ3) is 2.51. The van der Waals surface area contributed by atoms with Crippen molar-refractivity contribution in [3.05, 3.63) is 24.0 Å². The Kier molecular flexibility index (Phi) is 2.63. The Morgan fingerprint density at radius 2 is 1.86 bits per heavy atom. The summed E-state index contributed by atoms with van der Waals surface area (Å²) in [5, 5.41) is 0. The predicted octanol–water partition coefficient (Wildman–Crippen LogP) is 2.04. The Labute approximate surface area is 83.2 Å². The van der Waals surface area contributed by atoms with E-state index >= 15 is 0 Å². The van der Waals surface area contributed by atoms with Gasteiger partial charge in [0.25, 0.3) is 0 Å². The maximum Gasteiger partial charge on any atom is 0.333 e. The minimum atomic E-state index is -4.65. The quantitative estimate of drug-likeness (QED) is 0.676. The number of halogens is 1.